The van der Waals surface area contributed by atoms with Crippen molar-refractivity contribution in [2.75, 3.05) is 11.9 Å². The Hall–Kier alpha value is -2.19. The Bertz CT molecular complexity index is 713. The number of benzene rings is 1. The van der Waals surface area contributed by atoms with E-state index >= 15 is 0 Å². The van der Waals surface area contributed by atoms with Crippen LogP contribution in [0.25, 0.3) is 0 Å². The van der Waals surface area contributed by atoms with Gasteiger partial charge in [0, 0.05) is 12.6 Å². The summed E-state index contributed by atoms with van der Waals surface area (Å²) in [5, 5.41) is 2.56. The SMILES string of the molecule is C=CCOC(=O)[C@@H](NS(=O)(=O)c1ccc(NC(C)=O)cc1)C(C)CC. The van der Waals surface area contributed by atoms with Gasteiger partial charge in [-0.25, -0.2) is 8.42 Å². The molecule has 0 fully saturated rings. The molecule has 25 heavy (non-hydrogen) atoms. The lowest BCUT2D eigenvalue weighted by atomic mass is 10.0. The number of anilines is 1. The predicted molar refractivity (Wildman–Crippen MR) is 95.5 cm³/mol. The van der Waals surface area contributed by atoms with Crippen LogP contribution in [0.4, 0.5) is 5.69 Å². The van der Waals surface area contributed by atoms with Crippen LogP contribution >= 0.6 is 0 Å². The summed E-state index contributed by atoms with van der Waals surface area (Å²) in [5.41, 5.74) is 0.482. The Kier molecular flexibility index (Phi) is 7.79. The third kappa shape index (κ3) is 6.32. The standard InChI is InChI=1S/C17H24N2O5S/c1-5-11-24-17(21)16(12(3)6-2)19-25(22,23)15-9-7-14(8-10-15)18-13(4)20/h5,7-10,12,16,19H,1,6,11H2,2-4H3,(H,18,20)/t12?,16-/m0/s1. The van der Waals surface area contributed by atoms with Gasteiger partial charge >= 0.3 is 5.97 Å². The molecule has 2 atom stereocenters. The largest absolute Gasteiger partial charge is 0.460 e. The number of amides is 1. The van der Waals surface area contributed by atoms with Gasteiger partial charge in [0.15, 0.2) is 0 Å². The Morgan fingerprint density at radius 3 is 2.36 bits per heavy atom. The number of esters is 1. The van der Waals surface area contributed by atoms with Crippen molar-refractivity contribution < 1.29 is 22.7 Å². The van der Waals surface area contributed by atoms with Gasteiger partial charge in [0.05, 0.1) is 4.90 Å². The highest BCUT2D eigenvalue weighted by Gasteiger charge is 2.30. The number of sulfonamides is 1. The highest BCUT2D eigenvalue weighted by molar-refractivity contribution is 7.89. The van der Waals surface area contributed by atoms with Crippen molar-refractivity contribution in [3.05, 3.63) is 36.9 Å². The fraction of sp³-hybridized carbons (Fsp3) is 0.412. The maximum absolute atomic E-state index is 12.5. The number of hydrogen-bond acceptors (Lipinski definition) is 5. The van der Waals surface area contributed by atoms with E-state index in [1.165, 1.54) is 37.3 Å². The molecule has 2 N–H and O–H groups in total. The fourth-order valence-electron chi connectivity index (χ4n) is 2.02. The third-order valence-electron chi connectivity index (χ3n) is 3.58. The maximum Gasteiger partial charge on any atom is 0.324 e. The maximum atomic E-state index is 12.5. The van der Waals surface area contributed by atoms with Crippen LogP contribution in [0.2, 0.25) is 0 Å². The molecule has 0 aromatic heterocycles. The van der Waals surface area contributed by atoms with Crippen molar-refractivity contribution in [3.8, 4) is 0 Å². The summed E-state index contributed by atoms with van der Waals surface area (Å²) in [7, 11) is -3.92. The minimum absolute atomic E-state index is 0.00794. The topological polar surface area (TPSA) is 102 Å². The van der Waals surface area contributed by atoms with Gasteiger partial charge in [-0.1, -0.05) is 32.9 Å². The zero-order chi connectivity index (χ0) is 19.0. The molecule has 0 aliphatic carbocycles. The molecule has 0 saturated carbocycles. The zero-order valence-electron chi connectivity index (χ0n) is 14.6. The van der Waals surface area contributed by atoms with Crippen LogP contribution in [0, 0.1) is 5.92 Å². The fourth-order valence-corrected chi connectivity index (χ4v) is 3.31. The number of ether oxygens (including phenoxy) is 1. The smallest absolute Gasteiger partial charge is 0.324 e. The second-order valence-corrected chi connectivity index (χ2v) is 7.32. The molecule has 0 aliphatic heterocycles. The lowest BCUT2D eigenvalue weighted by Crippen LogP contribution is -2.45. The molecule has 0 radical (unpaired) electrons. The van der Waals surface area contributed by atoms with Crippen LogP contribution in [0.3, 0.4) is 0 Å². The summed E-state index contributed by atoms with van der Waals surface area (Å²) >= 11 is 0. The molecule has 1 amide bonds. The molecule has 0 heterocycles. The average molecular weight is 368 g/mol. The van der Waals surface area contributed by atoms with Gasteiger partial charge in [-0.3, -0.25) is 9.59 Å². The molecule has 0 bridgehead atoms. The van der Waals surface area contributed by atoms with E-state index in [-0.39, 0.29) is 23.3 Å². The molecular weight excluding hydrogens is 344 g/mol. The molecule has 1 aromatic rings. The van der Waals surface area contributed by atoms with Crippen LogP contribution in [0.5, 0.6) is 0 Å². The Morgan fingerprint density at radius 2 is 1.88 bits per heavy atom. The van der Waals surface area contributed by atoms with E-state index in [2.05, 4.69) is 16.6 Å². The molecule has 7 nitrogen and oxygen atoms in total. The van der Waals surface area contributed by atoms with Crippen molar-refractivity contribution in [1.82, 2.24) is 4.72 Å². The molecule has 1 rings (SSSR count). The Morgan fingerprint density at radius 1 is 1.28 bits per heavy atom. The molecule has 138 valence electrons. The van der Waals surface area contributed by atoms with E-state index in [4.69, 9.17) is 4.74 Å². The highest BCUT2D eigenvalue weighted by atomic mass is 32.2. The van der Waals surface area contributed by atoms with Gasteiger partial charge in [0.25, 0.3) is 0 Å². The number of carbonyl (C=O) groups excluding carboxylic acids is 2. The highest BCUT2D eigenvalue weighted by Crippen LogP contribution is 2.17. The summed E-state index contributed by atoms with van der Waals surface area (Å²) in [4.78, 5) is 23.1. The molecule has 1 aromatic carbocycles. The molecule has 1 unspecified atom stereocenters. The van der Waals surface area contributed by atoms with Crippen molar-refractivity contribution in [1.29, 1.82) is 0 Å². The van der Waals surface area contributed by atoms with Crippen molar-refractivity contribution in [2.24, 2.45) is 5.92 Å². The number of rotatable bonds is 9. The van der Waals surface area contributed by atoms with Crippen LogP contribution in [-0.2, 0) is 24.3 Å². The predicted octanol–water partition coefficient (Wildman–Crippen LogP) is 2.07. The summed E-state index contributed by atoms with van der Waals surface area (Å²) < 4.78 is 32.5. The number of carbonyl (C=O) groups is 2. The third-order valence-corrected chi connectivity index (χ3v) is 5.03. The van der Waals surface area contributed by atoms with Gasteiger partial charge < -0.3 is 10.1 Å². The van der Waals surface area contributed by atoms with Crippen LogP contribution in [0.1, 0.15) is 27.2 Å². The lowest BCUT2D eigenvalue weighted by Gasteiger charge is -2.22. The first-order valence-electron chi connectivity index (χ1n) is 7.88. The normalized spacial score (nSPS) is 13.6. The van der Waals surface area contributed by atoms with Gasteiger partial charge in [0.1, 0.15) is 12.6 Å². The van der Waals surface area contributed by atoms with Gasteiger partial charge in [-0.05, 0) is 30.2 Å². The lowest BCUT2D eigenvalue weighted by molar-refractivity contribution is -0.145. The first kappa shape index (κ1) is 20.9. The second kappa shape index (κ2) is 9.33. The minimum atomic E-state index is -3.92. The quantitative estimate of drug-likeness (QED) is 0.513. The molecule has 0 spiro atoms. The van der Waals surface area contributed by atoms with E-state index < -0.39 is 22.0 Å². The second-order valence-electron chi connectivity index (χ2n) is 5.61. The van der Waals surface area contributed by atoms with Gasteiger partial charge in [-0.15, -0.1) is 0 Å². The van der Waals surface area contributed by atoms with E-state index in [1.807, 2.05) is 6.92 Å². The first-order chi connectivity index (χ1) is 11.7. The molecule has 0 saturated heterocycles. The van der Waals surface area contributed by atoms with Crippen LogP contribution in [-0.4, -0.2) is 32.9 Å². The van der Waals surface area contributed by atoms with E-state index in [1.54, 1.807) is 6.92 Å². The van der Waals surface area contributed by atoms with Crippen LogP contribution < -0.4 is 10.0 Å². The molecular formula is C17H24N2O5S. The summed E-state index contributed by atoms with van der Waals surface area (Å²) in [6.45, 7) is 8.46. The average Bonchev–Trinajstić information content (AvgIpc) is 2.56. The van der Waals surface area contributed by atoms with E-state index in [0.717, 1.165) is 0 Å². The van der Waals surface area contributed by atoms with E-state index in [0.29, 0.717) is 12.1 Å². The summed E-state index contributed by atoms with van der Waals surface area (Å²) in [6, 6.07) is 4.67. The van der Waals surface area contributed by atoms with Crippen molar-refractivity contribution in [3.63, 3.8) is 0 Å². The van der Waals surface area contributed by atoms with Crippen LogP contribution in [0.15, 0.2) is 41.8 Å². The van der Waals surface area contributed by atoms with Gasteiger partial charge in [0.2, 0.25) is 15.9 Å². The zero-order valence-corrected chi connectivity index (χ0v) is 15.4. The number of hydrogen-bond donors (Lipinski definition) is 2. The monoisotopic (exact) mass is 368 g/mol. The summed E-state index contributed by atoms with van der Waals surface area (Å²) in [6.07, 6.45) is 2.01. The number of nitrogens with one attached hydrogen (secondary N) is 2. The van der Waals surface area contributed by atoms with Crippen molar-refractivity contribution >= 4 is 27.6 Å². The van der Waals surface area contributed by atoms with Crippen molar-refractivity contribution in [2.45, 2.75) is 38.1 Å². The Balaban J connectivity index is 2.99. The minimum Gasteiger partial charge on any atom is -0.460 e. The molecule has 0 aliphatic rings. The Labute approximate surface area is 148 Å². The van der Waals surface area contributed by atoms with Gasteiger partial charge in [-0.2, -0.15) is 4.72 Å². The molecule has 8 heteroatoms. The first-order valence-corrected chi connectivity index (χ1v) is 9.37. The summed E-state index contributed by atoms with van der Waals surface area (Å²) in [5.74, 6) is -1.14. The van der Waals surface area contributed by atoms with E-state index in [9.17, 15) is 18.0 Å².